The van der Waals surface area contributed by atoms with Crippen molar-refractivity contribution in [2.24, 2.45) is 11.8 Å². The molecule has 16 heavy (non-hydrogen) atoms. The highest BCUT2D eigenvalue weighted by atomic mass is 14.3. The van der Waals surface area contributed by atoms with E-state index >= 15 is 0 Å². The van der Waals surface area contributed by atoms with Crippen LogP contribution in [-0.2, 0) is 6.42 Å². The largest absolute Gasteiger partial charge is 0.103 e. The Morgan fingerprint density at radius 2 is 2.00 bits per heavy atom. The summed E-state index contributed by atoms with van der Waals surface area (Å²) in [4.78, 5) is 0. The van der Waals surface area contributed by atoms with Crippen molar-refractivity contribution in [2.75, 3.05) is 0 Å². The molecule has 0 aliphatic heterocycles. The summed E-state index contributed by atoms with van der Waals surface area (Å²) in [5, 5.41) is 0. The maximum Gasteiger partial charge on any atom is -0.0140 e. The van der Waals surface area contributed by atoms with Gasteiger partial charge in [-0.25, -0.2) is 0 Å². The topological polar surface area (TPSA) is 0 Å². The zero-order valence-corrected chi connectivity index (χ0v) is 9.86. The molecule has 1 fully saturated rings. The van der Waals surface area contributed by atoms with Crippen LogP contribution < -0.4 is 0 Å². The van der Waals surface area contributed by atoms with Crippen LogP contribution in [0, 0.1) is 11.8 Å². The highest BCUT2D eigenvalue weighted by Crippen LogP contribution is 2.39. The van der Waals surface area contributed by atoms with E-state index in [1.807, 2.05) is 6.08 Å². The van der Waals surface area contributed by atoms with Crippen LogP contribution in [0.3, 0.4) is 0 Å². The van der Waals surface area contributed by atoms with Crippen molar-refractivity contribution in [3.63, 3.8) is 0 Å². The molecule has 0 heteroatoms. The zero-order valence-electron chi connectivity index (χ0n) is 9.86. The van der Waals surface area contributed by atoms with E-state index in [0.717, 1.165) is 12.3 Å². The Kier molecular flexibility index (Phi) is 3.61. The summed E-state index contributed by atoms with van der Waals surface area (Å²) in [6.45, 7) is 8.06. The highest BCUT2D eigenvalue weighted by Gasteiger charge is 2.28. The molecule has 0 aromatic heterocycles. The molecule has 1 aromatic rings. The first-order chi connectivity index (χ1) is 7.81. The molecule has 1 saturated carbocycles. The molecular formula is C16H20. The third-order valence-corrected chi connectivity index (χ3v) is 3.69. The quantitative estimate of drug-likeness (QED) is 0.649. The molecule has 84 valence electrons. The van der Waals surface area contributed by atoms with Gasteiger partial charge in [0.15, 0.2) is 0 Å². The standard InChI is InChI=1S/C16H20/c1-3-7-16-13(2)10-11-15(16)12-14-8-5-4-6-9-14/h3-6,8-9,15-16H,1-2,7,10-12H2/t15-,16-/m1/s1. The molecule has 0 nitrogen and oxygen atoms in total. The number of hydrogen-bond donors (Lipinski definition) is 0. The second kappa shape index (κ2) is 5.16. The second-order valence-corrected chi connectivity index (χ2v) is 4.78. The molecule has 0 unspecified atom stereocenters. The second-order valence-electron chi connectivity index (χ2n) is 4.78. The lowest BCUT2D eigenvalue weighted by atomic mass is 9.86. The fourth-order valence-corrected chi connectivity index (χ4v) is 2.79. The minimum atomic E-state index is 0.665. The lowest BCUT2D eigenvalue weighted by Gasteiger charge is -2.18. The van der Waals surface area contributed by atoms with Crippen LogP contribution in [0.25, 0.3) is 0 Å². The van der Waals surface area contributed by atoms with E-state index in [-0.39, 0.29) is 0 Å². The summed E-state index contributed by atoms with van der Waals surface area (Å²) < 4.78 is 0. The normalized spacial score (nSPS) is 24.6. The van der Waals surface area contributed by atoms with Crippen molar-refractivity contribution >= 4 is 0 Å². The van der Waals surface area contributed by atoms with E-state index in [0.29, 0.717) is 5.92 Å². The molecule has 0 saturated heterocycles. The minimum Gasteiger partial charge on any atom is -0.103 e. The number of hydrogen-bond acceptors (Lipinski definition) is 0. The monoisotopic (exact) mass is 212 g/mol. The first-order valence-corrected chi connectivity index (χ1v) is 6.13. The number of rotatable bonds is 4. The van der Waals surface area contributed by atoms with Crippen LogP contribution in [0.2, 0.25) is 0 Å². The molecule has 2 atom stereocenters. The van der Waals surface area contributed by atoms with E-state index in [1.165, 1.54) is 30.4 Å². The van der Waals surface area contributed by atoms with Crippen LogP contribution in [-0.4, -0.2) is 0 Å². The lowest BCUT2D eigenvalue weighted by molar-refractivity contribution is 0.422. The summed E-state index contributed by atoms with van der Waals surface area (Å²) in [7, 11) is 0. The molecule has 0 heterocycles. The molecule has 0 bridgehead atoms. The van der Waals surface area contributed by atoms with Gasteiger partial charge in [0, 0.05) is 0 Å². The van der Waals surface area contributed by atoms with Gasteiger partial charge in [0.05, 0.1) is 0 Å². The summed E-state index contributed by atoms with van der Waals surface area (Å²) in [5.41, 5.74) is 2.89. The van der Waals surface area contributed by atoms with Gasteiger partial charge in [0.1, 0.15) is 0 Å². The van der Waals surface area contributed by atoms with Crippen LogP contribution >= 0.6 is 0 Å². The van der Waals surface area contributed by atoms with Gasteiger partial charge in [-0.3, -0.25) is 0 Å². The Morgan fingerprint density at radius 3 is 2.69 bits per heavy atom. The van der Waals surface area contributed by atoms with E-state index in [1.54, 1.807) is 0 Å². The Labute approximate surface area is 98.7 Å². The lowest BCUT2D eigenvalue weighted by Crippen LogP contribution is -2.11. The number of allylic oxidation sites excluding steroid dienone is 2. The SMILES string of the molecule is C=CC[C@@H]1C(=C)CC[C@@H]1Cc1ccccc1. The predicted octanol–water partition coefficient (Wildman–Crippen LogP) is 4.39. The fourth-order valence-electron chi connectivity index (χ4n) is 2.79. The molecule has 0 amide bonds. The first-order valence-electron chi connectivity index (χ1n) is 6.13. The fraction of sp³-hybridized carbons (Fsp3) is 0.375. The highest BCUT2D eigenvalue weighted by molar-refractivity contribution is 5.19. The molecule has 1 aliphatic carbocycles. The third kappa shape index (κ3) is 2.44. The predicted molar refractivity (Wildman–Crippen MR) is 70.3 cm³/mol. The van der Waals surface area contributed by atoms with Crippen LogP contribution in [0.4, 0.5) is 0 Å². The molecule has 2 rings (SSSR count). The van der Waals surface area contributed by atoms with Crippen molar-refractivity contribution in [1.29, 1.82) is 0 Å². The van der Waals surface area contributed by atoms with Gasteiger partial charge >= 0.3 is 0 Å². The van der Waals surface area contributed by atoms with Crippen LogP contribution in [0.15, 0.2) is 55.1 Å². The first kappa shape index (κ1) is 11.2. The maximum atomic E-state index is 4.20. The molecule has 0 N–H and O–H groups in total. The van der Waals surface area contributed by atoms with Gasteiger partial charge < -0.3 is 0 Å². The van der Waals surface area contributed by atoms with Crippen molar-refractivity contribution in [3.8, 4) is 0 Å². The smallest absolute Gasteiger partial charge is 0.0140 e. The molecule has 0 radical (unpaired) electrons. The average Bonchev–Trinajstić information content (AvgIpc) is 2.64. The molecule has 1 aromatic carbocycles. The maximum absolute atomic E-state index is 4.20. The van der Waals surface area contributed by atoms with Crippen molar-refractivity contribution in [1.82, 2.24) is 0 Å². The summed E-state index contributed by atoms with van der Waals surface area (Å²) in [6, 6.07) is 10.8. The Bertz CT molecular complexity index is 361. The van der Waals surface area contributed by atoms with E-state index < -0.39 is 0 Å². The molecule has 0 spiro atoms. The van der Waals surface area contributed by atoms with Gasteiger partial charge in [-0.15, -0.1) is 6.58 Å². The van der Waals surface area contributed by atoms with E-state index in [4.69, 9.17) is 0 Å². The van der Waals surface area contributed by atoms with Crippen LogP contribution in [0.5, 0.6) is 0 Å². The van der Waals surface area contributed by atoms with Gasteiger partial charge in [0.2, 0.25) is 0 Å². The van der Waals surface area contributed by atoms with Gasteiger partial charge in [-0.05, 0) is 43.1 Å². The third-order valence-electron chi connectivity index (χ3n) is 3.69. The summed E-state index contributed by atoms with van der Waals surface area (Å²) in [5.74, 6) is 1.44. The number of benzene rings is 1. The zero-order chi connectivity index (χ0) is 11.4. The van der Waals surface area contributed by atoms with Gasteiger partial charge in [-0.1, -0.05) is 48.6 Å². The summed E-state index contributed by atoms with van der Waals surface area (Å²) >= 11 is 0. The van der Waals surface area contributed by atoms with Gasteiger partial charge in [0.25, 0.3) is 0 Å². The van der Waals surface area contributed by atoms with Crippen molar-refractivity contribution in [2.45, 2.75) is 25.7 Å². The van der Waals surface area contributed by atoms with E-state index in [2.05, 4.69) is 43.5 Å². The Morgan fingerprint density at radius 1 is 1.25 bits per heavy atom. The molecule has 1 aliphatic rings. The Hall–Kier alpha value is -1.30. The molecular weight excluding hydrogens is 192 g/mol. The average molecular weight is 212 g/mol. The van der Waals surface area contributed by atoms with Crippen LogP contribution in [0.1, 0.15) is 24.8 Å². The van der Waals surface area contributed by atoms with Crippen molar-refractivity contribution < 1.29 is 0 Å². The minimum absolute atomic E-state index is 0.665. The van der Waals surface area contributed by atoms with Gasteiger partial charge in [-0.2, -0.15) is 0 Å². The summed E-state index contributed by atoms with van der Waals surface area (Å²) in [6.07, 6.45) is 6.83. The Balaban J connectivity index is 2.04. The van der Waals surface area contributed by atoms with E-state index in [9.17, 15) is 0 Å². The van der Waals surface area contributed by atoms with Crippen molar-refractivity contribution in [3.05, 3.63) is 60.7 Å².